The fourth-order valence-electron chi connectivity index (χ4n) is 3.75. The number of rotatable bonds is 5. The second kappa shape index (κ2) is 8.35. The molecule has 0 aromatic heterocycles. The number of nitrogens with zero attached hydrogens (tertiary/aromatic N) is 1. The van der Waals surface area contributed by atoms with Crippen LogP contribution in [0.15, 0.2) is 70.5 Å². The third-order valence-electron chi connectivity index (χ3n) is 5.88. The second-order valence-corrected chi connectivity index (χ2v) is 11.9. The van der Waals surface area contributed by atoms with E-state index in [2.05, 4.69) is 4.72 Å². The van der Waals surface area contributed by atoms with E-state index in [0.717, 1.165) is 27.8 Å². The summed E-state index contributed by atoms with van der Waals surface area (Å²) in [5, 5.41) is 0. The average molecular weight is 471 g/mol. The fraction of sp³-hybridized carbons (Fsp3) is 0.250. The first-order valence-electron chi connectivity index (χ1n) is 10.3. The lowest BCUT2D eigenvalue weighted by Gasteiger charge is -2.28. The van der Waals surface area contributed by atoms with Crippen LogP contribution in [0.25, 0.3) is 0 Å². The van der Waals surface area contributed by atoms with Crippen LogP contribution in [0.4, 0.5) is 5.69 Å². The van der Waals surface area contributed by atoms with Crippen LogP contribution in [0, 0.1) is 20.8 Å². The van der Waals surface area contributed by atoms with Crippen molar-refractivity contribution in [3.05, 3.63) is 88.5 Å². The number of sulfonamides is 2. The maximum absolute atomic E-state index is 13.1. The predicted molar refractivity (Wildman–Crippen MR) is 126 cm³/mol. The van der Waals surface area contributed by atoms with Crippen LogP contribution >= 0.6 is 0 Å². The first-order chi connectivity index (χ1) is 15.1. The van der Waals surface area contributed by atoms with Gasteiger partial charge in [0.2, 0.25) is 10.0 Å². The van der Waals surface area contributed by atoms with Gasteiger partial charge in [-0.05, 0) is 85.8 Å². The summed E-state index contributed by atoms with van der Waals surface area (Å²) in [5.41, 5.74) is 5.15. The minimum absolute atomic E-state index is 0.196. The Hall–Kier alpha value is -2.68. The molecule has 4 rings (SSSR count). The smallest absolute Gasteiger partial charge is 0.261 e. The van der Waals surface area contributed by atoms with Crippen molar-refractivity contribution < 1.29 is 16.8 Å². The van der Waals surface area contributed by atoms with Gasteiger partial charge in [0.15, 0.2) is 0 Å². The minimum Gasteiger partial charge on any atom is -0.280 e. The molecule has 8 heteroatoms. The van der Waals surface area contributed by atoms with E-state index >= 15 is 0 Å². The van der Waals surface area contributed by atoms with Gasteiger partial charge in [-0.15, -0.1) is 0 Å². The maximum Gasteiger partial charge on any atom is 0.261 e. The normalized spacial score (nSPS) is 14.7. The zero-order valence-corrected chi connectivity index (χ0v) is 19.9. The molecule has 168 valence electrons. The van der Waals surface area contributed by atoms with Crippen LogP contribution in [-0.2, 0) is 33.0 Å². The van der Waals surface area contributed by atoms with Gasteiger partial charge in [0, 0.05) is 18.8 Å². The third-order valence-corrected chi connectivity index (χ3v) is 9.12. The Morgan fingerprint density at radius 1 is 0.750 bits per heavy atom. The number of hydrogen-bond donors (Lipinski definition) is 1. The lowest BCUT2D eigenvalue weighted by molar-refractivity contribution is 0.391. The summed E-state index contributed by atoms with van der Waals surface area (Å²) < 4.78 is 55.9. The molecular weight excluding hydrogens is 444 g/mol. The van der Waals surface area contributed by atoms with Crippen molar-refractivity contribution >= 4 is 25.7 Å². The van der Waals surface area contributed by atoms with Gasteiger partial charge in [-0.2, -0.15) is 4.31 Å². The molecule has 1 aliphatic rings. The molecule has 6 nitrogen and oxygen atoms in total. The Balaban J connectivity index is 1.59. The zero-order chi connectivity index (χ0) is 23.1. The molecule has 1 N–H and O–H groups in total. The molecule has 0 bridgehead atoms. The highest BCUT2D eigenvalue weighted by atomic mass is 32.2. The van der Waals surface area contributed by atoms with Gasteiger partial charge in [-0.25, -0.2) is 16.8 Å². The van der Waals surface area contributed by atoms with E-state index in [4.69, 9.17) is 0 Å². The van der Waals surface area contributed by atoms with Crippen LogP contribution in [0.3, 0.4) is 0 Å². The molecule has 1 aliphatic heterocycles. The monoisotopic (exact) mass is 470 g/mol. The number of anilines is 1. The van der Waals surface area contributed by atoms with Gasteiger partial charge in [0.25, 0.3) is 10.0 Å². The highest BCUT2D eigenvalue weighted by molar-refractivity contribution is 7.92. The summed E-state index contributed by atoms with van der Waals surface area (Å²) in [6, 6.07) is 17.1. The first-order valence-corrected chi connectivity index (χ1v) is 13.3. The lowest BCUT2D eigenvalue weighted by Crippen LogP contribution is -2.36. The van der Waals surface area contributed by atoms with E-state index in [9.17, 15) is 16.8 Å². The molecule has 3 aromatic rings. The molecule has 0 unspecified atom stereocenters. The highest BCUT2D eigenvalue weighted by Gasteiger charge is 2.28. The largest absolute Gasteiger partial charge is 0.280 e. The molecule has 0 amide bonds. The summed E-state index contributed by atoms with van der Waals surface area (Å²) in [7, 11) is -7.38. The van der Waals surface area contributed by atoms with E-state index < -0.39 is 20.0 Å². The fourth-order valence-corrected chi connectivity index (χ4v) is 6.31. The van der Waals surface area contributed by atoms with Crippen LogP contribution in [0.2, 0.25) is 0 Å². The molecule has 0 aliphatic carbocycles. The Morgan fingerprint density at radius 2 is 1.44 bits per heavy atom. The van der Waals surface area contributed by atoms with E-state index in [0.29, 0.717) is 18.7 Å². The van der Waals surface area contributed by atoms with E-state index in [1.165, 1.54) is 4.31 Å². The zero-order valence-electron chi connectivity index (χ0n) is 18.3. The molecule has 0 saturated heterocycles. The van der Waals surface area contributed by atoms with Crippen molar-refractivity contribution in [1.82, 2.24) is 4.31 Å². The van der Waals surface area contributed by atoms with Crippen LogP contribution in [0.5, 0.6) is 0 Å². The van der Waals surface area contributed by atoms with Gasteiger partial charge in [0.05, 0.1) is 9.79 Å². The van der Waals surface area contributed by atoms with E-state index in [-0.39, 0.29) is 16.3 Å². The maximum atomic E-state index is 13.1. The summed E-state index contributed by atoms with van der Waals surface area (Å²) >= 11 is 0. The Labute approximate surface area is 190 Å². The van der Waals surface area contributed by atoms with Crippen LogP contribution < -0.4 is 4.72 Å². The Kier molecular flexibility index (Phi) is 5.87. The highest BCUT2D eigenvalue weighted by Crippen LogP contribution is 2.28. The lowest BCUT2D eigenvalue weighted by atomic mass is 10.0. The molecule has 0 fully saturated rings. The predicted octanol–water partition coefficient (Wildman–Crippen LogP) is 4.16. The number of fused-ring (bicyclic) bond motifs is 1. The summed E-state index contributed by atoms with van der Waals surface area (Å²) in [4.78, 5) is 0.458. The van der Waals surface area contributed by atoms with E-state index in [1.54, 1.807) is 54.6 Å². The average Bonchev–Trinajstić information content (AvgIpc) is 2.75. The summed E-state index contributed by atoms with van der Waals surface area (Å²) in [6.45, 7) is 6.30. The third kappa shape index (κ3) is 4.44. The van der Waals surface area contributed by atoms with Gasteiger partial charge in [-0.3, -0.25) is 4.72 Å². The number of benzene rings is 3. The second-order valence-electron chi connectivity index (χ2n) is 8.24. The van der Waals surface area contributed by atoms with Crippen molar-refractivity contribution in [2.75, 3.05) is 11.3 Å². The van der Waals surface area contributed by atoms with E-state index in [1.807, 2.05) is 26.8 Å². The number of nitrogens with one attached hydrogen (secondary N) is 1. The molecule has 32 heavy (non-hydrogen) atoms. The van der Waals surface area contributed by atoms with Crippen molar-refractivity contribution in [2.24, 2.45) is 0 Å². The molecular formula is C24H26N2O4S2. The standard InChI is InChI=1S/C24H26N2O4S2/c1-17-4-9-23(10-5-17)32(29,30)26-13-12-20-7-8-22(15-21(20)16-26)25-31(27,28)24-11-6-18(2)19(3)14-24/h4-11,14-15,25H,12-13,16H2,1-3H3. The number of aryl methyl sites for hydroxylation is 3. The van der Waals surface area contributed by atoms with Crippen molar-refractivity contribution in [3.8, 4) is 0 Å². The molecule has 0 atom stereocenters. The van der Waals surface area contributed by atoms with Gasteiger partial charge in [-0.1, -0.05) is 29.8 Å². The van der Waals surface area contributed by atoms with Crippen LogP contribution in [-0.4, -0.2) is 27.7 Å². The summed E-state index contributed by atoms with van der Waals surface area (Å²) in [6.07, 6.45) is 0.574. The molecule has 1 heterocycles. The van der Waals surface area contributed by atoms with Gasteiger partial charge >= 0.3 is 0 Å². The molecule has 0 spiro atoms. The first kappa shape index (κ1) is 22.5. The van der Waals surface area contributed by atoms with Crippen molar-refractivity contribution in [2.45, 2.75) is 43.5 Å². The topological polar surface area (TPSA) is 83.6 Å². The quantitative estimate of drug-likeness (QED) is 0.607. The molecule has 3 aromatic carbocycles. The van der Waals surface area contributed by atoms with Gasteiger partial charge < -0.3 is 0 Å². The Bertz CT molecular complexity index is 1380. The van der Waals surface area contributed by atoms with Crippen molar-refractivity contribution in [3.63, 3.8) is 0 Å². The van der Waals surface area contributed by atoms with Crippen LogP contribution in [0.1, 0.15) is 27.8 Å². The summed E-state index contributed by atoms with van der Waals surface area (Å²) in [5.74, 6) is 0. The minimum atomic E-state index is -3.75. The van der Waals surface area contributed by atoms with Gasteiger partial charge in [0.1, 0.15) is 0 Å². The Morgan fingerprint density at radius 3 is 2.12 bits per heavy atom. The molecule has 0 saturated carbocycles. The SMILES string of the molecule is Cc1ccc(S(=O)(=O)N2CCc3ccc(NS(=O)(=O)c4ccc(C)c(C)c4)cc3C2)cc1. The van der Waals surface area contributed by atoms with Crippen molar-refractivity contribution in [1.29, 1.82) is 0 Å². The molecule has 0 radical (unpaired) electrons. The number of hydrogen-bond acceptors (Lipinski definition) is 4.